The van der Waals surface area contributed by atoms with E-state index in [4.69, 9.17) is 5.21 Å². The first-order valence-electron chi connectivity index (χ1n) is 7.96. The maximum atomic E-state index is 12.9. The van der Waals surface area contributed by atoms with Crippen LogP contribution < -0.4 is 5.48 Å². The van der Waals surface area contributed by atoms with Crippen LogP contribution in [0.3, 0.4) is 0 Å². The Morgan fingerprint density at radius 3 is 1.93 bits per heavy atom. The molecule has 1 fully saturated rings. The number of Topliss-reactive ketones (excluding diaryl/α,β-unsaturated/α-hetero) is 4. The third-order valence-corrected chi connectivity index (χ3v) is 4.89. The highest BCUT2D eigenvalue weighted by atomic mass is 19.4. The lowest BCUT2D eigenvalue weighted by molar-refractivity contribution is -0.158. The zero-order chi connectivity index (χ0) is 20.9. The monoisotopic (exact) mass is 385 g/mol. The molecule has 0 saturated heterocycles. The second kappa shape index (κ2) is 6.26. The van der Waals surface area contributed by atoms with Gasteiger partial charge in [0.05, 0.1) is 22.1 Å². The molecule has 0 atom stereocenters. The Balaban J connectivity index is 2.58. The van der Waals surface area contributed by atoms with E-state index in [9.17, 15) is 32.3 Å². The highest BCUT2D eigenvalue weighted by Gasteiger charge is 2.60. The topological polar surface area (TPSA) is 101 Å². The van der Waals surface area contributed by atoms with Gasteiger partial charge in [0.25, 0.3) is 0 Å². The summed E-state index contributed by atoms with van der Waals surface area (Å²) < 4.78 is 38.5. The Kier molecular flexibility index (Phi) is 4.81. The Bertz CT molecular complexity index is 825. The number of benzene rings is 1. The molecule has 146 valence electrons. The lowest BCUT2D eigenvalue weighted by Gasteiger charge is -2.40. The SMILES string of the molecule is CC1(C)C(=O)C(C(=O)c2ccc(C(F)(F)F)cc2NO)C(=O)C(C)(C)C1=O. The van der Waals surface area contributed by atoms with Crippen LogP contribution in [-0.2, 0) is 20.6 Å². The van der Waals surface area contributed by atoms with Crippen molar-refractivity contribution in [1.29, 1.82) is 0 Å². The van der Waals surface area contributed by atoms with E-state index in [0.29, 0.717) is 12.1 Å². The molecule has 0 heterocycles. The Labute approximate surface area is 152 Å². The van der Waals surface area contributed by atoms with Crippen LogP contribution in [0.5, 0.6) is 0 Å². The van der Waals surface area contributed by atoms with Crippen molar-refractivity contribution in [3.63, 3.8) is 0 Å². The number of alkyl halides is 3. The largest absolute Gasteiger partial charge is 0.416 e. The second-order valence-corrected chi connectivity index (χ2v) is 7.47. The summed E-state index contributed by atoms with van der Waals surface area (Å²) >= 11 is 0. The number of hydrogen-bond donors (Lipinski definition) is 2. The molecule has 9 heteroatoms. The van der Waals surface area contributed by atoms with E-state index in [2.05, 4.69) is 0 Å². The third kappa shape index (κ3) is 3.16. The normalized spacial score (nSPS) is 19.9. The standard InChI is InChI=1S/C18H18F3NO5/c1-16(2)13(24)11(14(25)17(3,4)15(16)26)12(23)9-6-5-8(18(19,20)21)7-10(9)22-27/h5-7,11,22,27H,1-4H3. The van der Waals surface area contributed by atoms with E-state index >= 15 is 0 Å². The third-order valence-electron chi connectivity index (χ3n) is 4.89. The van der Waals surface area contributed by atoms with E-state index in [-0.39, 0.29) is 0 Å². The van der Waals surface area contributed by atoms with E-state index in [1.807, 2.05) is 0 Å². The van der Waals surface area contributed by atoms with Crippen molar-refractivity contribution < 1.29 is 37.6 Å². The molecule has 0 radical (unpaired) electrons. The first-order chi connectivity index (χ1) is 12.2. The van der Waals surface area contributed by atoms with Crippen LogP contribution in [0.15, 0.2) is 18.2 Å². The molecule has 1 aliphatic rings. The first kappa shape index (κ1) is 20.8. The van der Waals surface area contributed by atoms with Gasteiger partial charge in [0.15, 0.2) is 23.1 Å². The van der Waals surface area contributed by atoms with Gasteiger partial charge in [0.1, 0.15) is 5.92 Å². The summed E-state index contributed by atoms with van der Waals surface area (Å²) in [6, 6.07) is 1.88. The summed E-state index contributed by atoms with van der Waals surface area (Å²) in [5, 5.41) is 9.14. The summed E-state index contributed by atoms with van der Waals surface area (Å²) in [7, 11) is 0. The zero-order valence-corrected chi connectivity index (χ0v) is 15.0. The summed E-state index contributed by atoms with van der Waals surface area (Å²) in [6.07, 6.45) is -4.72. The van der Waals surface area contributed by atoms with Crippen molar-refractivity contribution in [3.05, 3.63) is 29.3 Å². The molecule has 0 unspecified atom stereocenters. The lowest BCUT2D eigenvalue weighted by atomic mass is 9.57. The summed E-state index contributed by atoms with van der Waals surface area (Å²) in [5.74, 6) is -5.42. The van der Waals surface area contributed by atoms with Crippen molar-refractivity contribution in [1.82, 2.24) is 0 Å². The van der Waals surface area contributed by atoms with E-state index in [0.717, 1.165) is 6.07 Å². The summed E-state index contributed by atoms with van der Waals surface area (Å²) in [6.45, 7) is 5.18. The molecule has 0 amide bonds. The average molecular weight is 385 g/mol. The molecule has 0 aromatic heterocycles. The van der Waals surface area contributed by atoms with Gasteiger partial charge in [-0.3, -0.25) is 29.9 Å². The van der Waals surface area contributed by atoms with E-state index < -0.39 is 62.9 Å². The molecule has 1 aromatic rings. The molecule has 2 rings (SSSR count). The molecule has 1 saturated carbocycles. The minimum atomic E-state index is -4.72. The van der Waals surface area contributed by atoms with Crippen LogP contribution in [0.2, 0.25) is 0 Å². The smallest absolute Gasteiger partial charge is 0.297 e. The Morgan fingerprint density at radius 2 is 1.52 bits per heavy atom. The lowest BCUT2D eigenvalue weighted by Crippen LogP contribution is -2.59. The van der Waals surface area contributed by atoms with Crippen molar-refractivity contribution in [2.24, 2.45) is 16.7 Å². The fourth-order valence-corrected chi connectivity index (χ4v) is 3.27. The van der Waals surface area contributed by atoms with E-state index in [1.165, 1.54) is 33.2 Å². The molecular formula is C18H18F3NO5. The van der Waals surface area contributed by atoms with Crippen LogP contribution in [-0.4, -0.2) is 28.3 Å². The van der Waals surface area contributed by atoms with Gasteiger partial charge >= 0.3 is 6.18 Å². The molecule has 0 spiro atoms. The van der Waals surface area contributed by atoms with Crippen molar-refractivity contribution >= 4 is 28.8 Å². The van der Waals surface area contributed by atoms with Gasteiger partial charge in [-0.1, -0.05) is 0 Å². The molecule has 2 N–H and O–H groups in total. The second-order valence-electron chi connectivity index (χ2n) is 7.47. The van der Waals surface area contributed by atoms with E-state index in [1.54, 1.807) is 0 Å². The van der Waals surface area contributed by atoms with Gasteiger partial charge in [-0.15, -0.1) is 0 Å². The fourth-order valence-electron chi connectivity index (χ4n) is 3.27. The average Bonchev–Trinajstić information content (AvgIpc) is 2.58. The zero-order valence-electron chi connectivity index (χ0n) is 15.0. The minimum Gasteiger partial charge on any atom is -0.297 e. The molecule has 1 aliphatic carbocycles. The van der Waals surface area contributed by atoms with Crippen molar-refractivity contribution in [3.8, 4) is 0 Å². The predicted octanol–water partition coefficient (Wildman–Crippen LogP) is 3.08. The number of anilines is 1. The van der Waals surface area contributed by atoms with Crippen LogP contribution in [0.25, 0.3) is 0 Å². The van der Waals surface area contributed by atoms with Crippen LogP contribution >= 0.6 is 0 Å². The van der Waals surface area contributed by atoms with Gasteiger partial charge in [-0.25, -0.2) is 0 Å². The Hall–Kier alpha value is -2.55. The number of nitrogens with one attached hydrogen (secondary N) is 1. The van der Waals surface area contributed by atoms with Gasteiger partial charge in [0.2, 0.25) is 0 Å². The van der Waals surface area contributed by atoms with Crippen LogP contribution in [0.4, 0.5) is 18.9 Å². The van der Waals surface area contributed by atoms with Crippen LogP contribution in [0.1, 0.15) is 43.6 Å². The molecular weight excluding hydrogens is 367 g/mol. The van der Waals surface area contributed by atoms with Gasteiger partial charge in [-0.2, -0.15) is 13.2 Å². The number of ketones is 4. The number of rotatable bonds is 3. The molecule has 6 nitrogen and oxygen atoms in total. The van der Waals surface area contributed by atoms with Crippen LogP contribution in [0, 0.1) is 16.7 Å². The predicted molar refractivity (Wildman–Crippen MR) is 87.3 cm³/mol. The molecule has 0 aliphatic heterocycles. The van der Waals surface area contributed by atoms with Crippen molar-refractivity contribution in [2.45, 2.75) is 33.9 Å². The van der Waals surface area contributed by atoms with Gasteiger partial charge in [0, 0.05) is 5.56 Å². The number of hydrogen-bond acceptors (Lipinski definition) is 6. The van der Waals surface area contributed by atoms with Gasteiger partial charge in [-0.05, 0) is 45.9 Å². The number of carbonyl (C=O) groups excluding carboxylic acids is 4. The maximum absolute atomic E-state index is 12.9. The molecule has 0 bridgehead atoms. The summed E-state index contributed by atoms with van der Waals surface area (Å²) in [5.41, 5.74) is -3.92. The number of halogens is 3. The highest BCUT2D eigenvalue weighted by molar-refractivity contribution is 6.37. The van der Waals surface area contributed by atoms with Crippen molar-refractivity contribution in [2.75, 3.05) is 5.48 Å². The maximum Gasteiger partial charge on any atom is 0.416 e. The quantitative estimate of drug-likeness (QED) is 0.471. The first-order valence-corrected chi connectivity index (χ1v) is 7.96. The molecule has 27 heavy (non-hydrogen) atoms. The summed E-state index contributed by atoms with van der Waals surface area (Å²) in [4.78, 5) is 50.6. The number of carbonyl (C=O) groups is 4. The Morgan fingerprint density at radius 1 is 1.04 bits per heavy atom. The highest BCUT2D eigenvalue weighted by Crippen LogP contribution is 2.42. The van der Waals surface area contributed by atoms with Gasteiger partial charge < -0.3 is 0 Å². The fraction of sp³-hybridized carbons (Fsp3) is 0.444. The molecule has 1 aromatic carbocycles. The minimum absolute atomic E-state index is 0.460.